The first-order valence-electron chi connectivity index (χ1n) is 3.91. The molecule has 0 spiro atoms. The van der Waals surface area contributed by atoms with Gasteiger partial charge in [-0.2, -0.15) is 0 Å². The van der Waals surface area contributed by atoms with Gasteiger partial charge in [-0.1, -0.05) is 6.92 Å². The van der Waals surface area contributed by atoms with Gasteiger partial charge in [0.2, 0.25) is 0 Å². The van der Waals surface area contributed by atoms with Gasteiger partial charge in [0.25, 0.3) is 0 Å². The Morgan fingerprint density at radius 1 is 1.46 bits per heavy atom. The summed E-state index contributed by atoms with van der Waals surface area (Å²) in [6.45, 7) is 1.67. The Labute approximate surface area is 78.0 Å². The zero-order valence-electron chi connectivity index (χ0n) is 7.22. The molecule has 13 heavy (non-hydrogen) atoms. The van der Waals surface area contributed by atoms with E-state index in [9.17, 15) is 8.78 Å². The minimum atomic E-state index is -0.872. The highest BCUT2D eigenvalue weighted by atomic mass is 31.0. The summed E-state index contributed by atoms with van der Waals surface area (Å²) >= 11 is 0. The number of aliphatic hydroxyl groups excluding tert-OH is 1. The molecule has 2 atom stereocenters. The molecular formula is C9H11F2OP. The summed E-state index contributed by atoms with van der Waals surface area (Å²) in [5.74, 6) is -1.89. The van der Waals surface area contributed by atoms with E-state index >= 15 is 0 Å². The van der Waals surface area contributed by atoms with Crippen molar-refractivity contribution in [2.45, 2.75) is 12.8 Å². The van der Waals surface area contributed by atoms with Crippen LogP contribution in [-0.2, 0) is 0 Å². The molecule has 0 aromatic heterocycles. The van der Waals surface area contributed by atoms with Gasteiger partial charge in [-0.25, -0.2) is 8.78 Å². The summed E-state index contributed by atoms with van der Waals surface area (Å²) in [5.41, 5.74) is 0.603. The quantitative estimate of drug-likeness (QED) is 0.725. The fraction of sp³-hybridized carbons (Fsp3) is 0.333. The number of hydrogen-bond donors (Lipinski definition) is 1. The Morgan fingerprint density at radius 3 is 2.54 bits per heavy atom. The van der Waals surface area contributed by atoms with Crippen LogP contribution in [0.15, 0.2) is 12.1 Å². The fourth-order valence-corrected chi connectivity index (χ4v) is 1.35. The van der Waals surface area contributed by atoms with Gasteiger partial charge in [-0.3, -0.25) is 0 Å². The van der Waals surface area contributed by atoms with Gasteiger partial charge in [-0.15, -0.1) is 9.24 Å². The molecule has 1 nitrogen and oxygen atoms in total. The van der Waals surface area contributed by atoms with Gasteiger partial charge < -0.3 is 5.11 Å². The van der Waals surface area contributed by atoms with Crippen LogP contribution in [0.4, 0.5) is 8.78 Å². The largest absolute Gasteiger partial charge is 0.396 e. The molecule has 0 fully saturated rings. The molecule has 0 heterocycles. The van der Waals surface area contributed by atoms with E-state index in [-0.39, 0.29) is 17.8 Å². The molecule has 4 heteroatoms. The van der Waals surface area contributed by atoms with E-state index in [1.807, 2.05) is 0 Å². The predicted octanol–water partition coefficient (Wildman–Crippen LogP) is 1.56. The number of halogens is 2. The average Bonchev–Trinajstić information content (AvgIpc) is 2.12. The SMILES string of the molecule is CC(CO)c1cc(F)c(F)c(P)c1. The van der Waals surface area contributed by atoms with Gasteiger partial charge in [0.15, 0.2) is 11.6 Å². The van der Waals surface area contributed by atoms with Crippen LogP contribution in [-0.4, -0.2) is 11.7 Å². The summed E-state index contributed by atoms with van der Waals surface area (Å²) < 4.78 is 25.7. The first-order chi connectivity index (χ1) is 6.06. The molecule has 72 valence electrons. The van der Waals surface area contributed by atoms with Crippen molar-refractivity contribution in [1.82, 2.24) is 0 Å². The molecular weight excluding hydrogens is 193 g/mol. The molecule has 0 aliphatic heterocycles. The molecule has 1 N–H and O–H groups in total. The second-order valence-electron chi connectivity index (χ2n) is 2.99. The molecule has 0 saturated carbocycles. The second kappa shape index (κ2) is 4.12. The standard InChI is InChI=1S/C9H11F2OP/c1-5(4-12)6-2-7(10)9(11)8(13)3-6/h2-3,5,12H,4,13H2,1H3. The van der Waals surface area contributed by atoms with Crippen molar-refractivity contribution in [3.8, 4) is 0 Å². The monoisotopic (exact) mass is 204 g/mol. The zero-order chi connectivity index (χ0) is 10.0. The summed E-state index contributed by atoms with van der Waals surface area (Å²) in [6, 6.07) is 2.63. The minimum absolute atomic E-state index is 0.0742. The second-order valence-corrected chi connectivity index (χ2v) is 3.61. The topological polar surface area (TPSA) is 20.2 Å². The maximum absolute atomic E-state index is 12.9. The highest BCUT2D eigenvalue weighted by molar-refractivity contribution is 7.27. The molecule has 0 saturated heterocycles. The van der Waals surface area contributed by atoms with E-state index in [1.165, 1.54) is 6.07 Å². The van der Waals surface area contributed by atoms with Gasteiger partial charge in [0.05, 0.1) is 0 Å². The number of aliphatic hydroxyl groups is 1. The van der Waals surface area contributed by atoms with E-state index < -0.39 is 11.6 Å². The van der Waals surface area contributed by atoms with E-state index in [2.05, 4.69) is 9.24 Å². The molecule has 0 radical (unpaired) electrons. The van der Waals surface area contributed by atoms with Crippen molar-refractivity contribution in [1.29, 1.82) is 0 Å². The fourth-order valence-electron chi connectivity index (χ4n) is 1.02. The third-order valence-corrected chi connectivity index (χ3v) is 2.34. The normalized spacial score (nSPS) is 13.0. The van der Waals surface area contributed by atoms with Crippen molar-refractivity contribution in [2.24, 2.45) is 0 Å². The maximum Gasteiger partial charge on any atom is 0.165 e. The van der Waals surface area contributed by atoms with Gasteiger partial charge in [0, 0.05) is 17.8 Å². The van der Waals surface area contributed by atoms with E-state index in [1.54, 1.807) is 6.92 Å². The van der Waals surface area contributed by atoms with Crippen LogP contribution < -0.4 is 5.30 Å². The number of benzene rings is 1. The van der Waals surface area contributed by atoms with Gasteiger partial charge in [-0.05, 0) is 17.7 Å². The van der Waals surface area contributed by atoms with Crippen LogP contribution in [0.3, 0.4) is 0 Å². The van der Waals surface area contributed by atoms with Crippen LogP contribution in [0, 0.1) is 11.6 Å². The van der Waals surface area contributed by atoms with Crippen LogP contribution in [0.1, 0.15) is 18.4 Å². The molecule has 0 aliphatic carbocycles. The molecule has 1 rings (SSSR count). The Bertz CT molecular complexity index is 291. The van der Waals surface area contributed by atoms with Crippen LogP contribution in [0.5, 0.6) is 0 Å². The first-order valence-corrected chi connectivity index (χ1v) is 4.49. The Hall–Kier alpha value is -0.530. The van der Waals surface area contributed by atoms with Crippen molar-refractivity contribution in [3.63, 3.8) is 0 Å². The Morgan fingerprint density at radius 2 is 2.08 bits per heavy atom. The molecule has 1 aromatic rings. The molecule has 0 aliphatic rings. The molecule has 1 aromatic carbocycles. The predicted molar refractivity (Wildman–Crippen MR) is 51.2 cm³/mol. The third kappa shape index (κ3) is 2.23. The van der Waals surface area contributed by atoms with Gasteiger partial charge >= 0.3 is 0 Å². The molecule has 0 amide bonds. The van der Waals surface area contributed by atoms with Crippen molar-refractivity contribution in [3.05, 3.63) is 29.3 Å². The Balaban J connectivity index is 3.13. The van der Waals surface area contributed by atoms with Crippen LogP contribution in [0.25, 0.3) is 0 Å². The van der Waals surface area contributed by atoms with E-state index in [0.29, 0.717) is 5.56 Å². The Kier molecular flexibility index (Phi) is 3.34. The summed E-state index contributed by atoms with van der Waals surface area (Å²) in [5, 5.41) is 9.01. The highest BCUT2D eigenvalue weighted by Crippen LogP contribution is 2.17. The third-order valence-electron chi connectivity index (χ3n) is 1.92. The number of hydrogen-bond acceptors (Lipinski definition) is 1. The lowest BCUT2D eigenvalue weighted by molar-refractivity contribution is 0.273. The van der Waals surface area contributed by atoms with Crippen molar-refractivity contribution < 1.29 is 13.9 Å². The molecule has 0 bridgehead atoms. The smallest absolute Gasteiger partial charge is 0.165 e. The lowest BCUT2D eigenvalue weighted by atomic mass is 10.0. The van der Waals surface area contributed by atoms with E-state index in [0.717, 1.165) is 6.07 Å². The lowest BCUT2D eigenvalue weighted by Crippen LogP contribution is -2.08. The highest BCUT2D eigenvalue weighted by Gasteiger charge is 2.11. The summed E-state index contributed by atoms with van der Waals surface area (Å²) in [4.78, 5) is 0. The first kappa shape index (κ1) is 10.6. The molecule has 2 unspecified atom stereocenters. The minimum Gasteiger partial charge on any atom is -0.396 e. The average molecular weight is 204 g/mol. The number of rotatable bonds is 2. The summed E-state index contributed by atoms with van der Waals surface area (Å²) in [6.07, 6.45) is 0. The van der Waals surface area contributed by atoms with Crippen LogP contribution in [0.2, 0.25) is 0 Å². The van der Waals surface area contributed by atoms with E-state index in [4.69, 9.17) is 5.11 Å². The zero-order valence-corrected chi connectivity index (χ0v) is 8.37. The maximum atomic E-state index is 12.9. The van der Waals surface area contributed by atoms with Crippen LogP contribution >= 0.6 is 9.24 Å². The van der Waals surface area contributed by atoms with Crippen molar-refractivity contribution >= 4 is 14.5 Å². The summed E-state index contributed by atoms with van der Waals surface area (Å²) in [7, 11) is 2.12. The lowest BCUT2D eigenvalue weighted by Gasteiger charge is -2.09. The van der Waals surface area contributed by atoms with Gasteiger partial charge in [0.1, 0.15) is 0 Å². The van der Waals surface area contributed by atoms with Crippen molar-refractivity contribution in [2.75, 3.05) is 6.61 Å².